The Morgan fingerprint density at radius 1 is 1.26 bits per heavy atom. The quantitative estimate of drug-likeness (QED) is 0.371. The molecular formula is C25H31F2N7O4. The van der Waals surface area contributed by atoms with Gasteiger partial charge in [0.05, 0.1) is 30.2 Å². The summed E-state index contributed by atoms with van der Waals surface area (Å²) < 4.78 is 30.5. The first-order valence-electron chi connectivity index (χ1n) is 12.3. The lowest BCUT2D eigenvalue weighted by Gasteiger charge is -2.35. The smallest absolute Gasteiger partial charge is 0.411 e. The Morgan fingerprint density at radius 2 is 2.03 bits per heavy atom. The van der Waals surface area contributed by atoms with Crippen LogP contribution < -0.4 is 15.7 Å². The molecule has 3 aromatic rings. The van der Waals surface area contributed by atoms with Crippen LogP contribution in [-0.2, 0) is 4.84 Å². The Morgan fingerprint density at radius 3 is 2.68 bits per heavy atom. The van der Waals surface area contributed by atoms with Crippen molar-refractivity contribution in [1.82, 2.24) is 25.0 Å². The molecule has 0 bridgehead atoms. The highest BCUT2D eigenvalue weighted by Crippen LogP contribution is 2.37. The molecule has 3 heterocycles. The van der Waals surface area contributed by atoms with Crippen molar-refractivity contribution in [3.05, 3.63) is 47.4 Å². The van der Waals surface area contributed by atoms with E-state index in [0.717, 1.165) is 31.9 Å². The van der Waals surface area contributed by atoms with Gasteiger partial charge in [0.1, 0.15) is 23.5 Å². The molecule has 1 unspecified atom stereocenters. The number of nitrogens with zero attached hydrogens (tertiary/aromatic N) is 5. The number of benzene rings is 1. The molecule has 1 atom stereocenters. The van der Waals surface area contributed by atoms with E-state index < -0.39 is 29.2 Å². The Balaban J connectivity index is 1.79. The second-order valence-electron chi connectivity index (χ2n) is 9.58. The zero-order chi connectivity index (χ0) is 27.6. The fraction of sp³-hybridized carbons (Fsp3) is 0.440. The lowest BCUT2D eigenvalue weighted by atomic mass is 10.00. The highest BCUT2D eigenvalue weighted by atomic mass is 19.1. The molecule has 38 heavy (non-hydrogen) atoms. The number of carboxylic acid groups (broad SMARTS) is 1. The molecule has 1 aliphatic rings. The van der Waals surface area contributed by atoms with E-state index in [1.807, 2.05) is 26.4 Å². The third-order valence-corrected chi connectivity index (χ3v) is 6.75. The molecule has 0 saturated carbocycles. The van der Waals surface area contributed by atoms with Gasteiger partial charge in [-0.2, -0.15) is 5.10 Å². The Labute approximate surface area is 218 Å². The minimum Gasteiger partial charge on any atom is -0.465 e. The van der Waals surface area contributed by atoms with Crippen LogP contribution in [0.25, 0.3) is 5.52 Å². The number of anilines is 3. The number of rotatable bonds is 8. The van der Waals surface area contributed by atoms with Crippen LogP contribution in [0.15, 0.2) is 24.7 Å². The van der Waals surface area contributed by atoms with Gasteiger partial charge < -0.3 is 15.3 Å². The molecule has 1 aliphatic heterocycles. The van der Waals surface area contributed by atoms with Gasteiger partial charge in [-0.25, -0.2) is 28.6 Å². The van der Waals surface area contributed by atoms with Crippen molar-refractivity contribution in [3.8, 4) is 0 Å². The third-order valence-electron chi connectivity index (χ3n) is 6.75. The number of piperidine rings is 1. The van der Waals surface area contributed by atoms with Gasteiger partial charge in [-0.1, -0.05) is 20.3 Å². The maximum atomic E-state index is 14.8. The molecule has 13 heteroatoms. The highest BCUT2D eigenvalue weighted by Gasteiger charge is 2.30. The van der Waals surface area contributed by atoms with Gasteiger partial charge in [-0.3, -0.25) is 14.5 Å². The summed E-state index contributed by atoms with van der Waals surface area (Å²) in [7, 11) is 3.19. The molecular weight excluding hydrogens is 500 g/mol. The van der Waals surface area contributed by atoms with E-state index in [2.05, 4.69) is 25.1 Å². The first-order valence-corrected chi connectivity index (χ1v) is 12.3. The maximum absolute atomic E-state index is 14.8. The SMILES string of the molecule is CONC(=O)c1cc(Nc2ncnn3cc(N(CC4CCCCN4C)C(=O)O)c(C(C)C)c23)c(F)cc1F. The van der Waals surface area contributed by atoms with Crippen LogP contribution in [0, 0.1) is 11.6 Å². The number of hydrogen-bond donors (Lipinski definition) is 3. The number of halogens is 2. The summed E-state index contributed by atoms with van der Waals surface area (Å²) in [6, 6.07) is 1.67. The molecule has 1 fully saturated rings. The van der Waals surface area contributed by atoms with Crippen LogP contribution in [0.4, 0.5) is 30.8 Å². The van der Waals surface area contributed by atoms with Crippen LogP contribution in [0.3, 0.4) is 0 Å². The lowest BCUT2D eigenvalue weighted by Crippen LogP contribution is -2.46. The predicted octanol–water partition coefficient (Wildman–Crippen LogP) is 4.13. The monoisotopic (exact) mass is 531 g/mol. The standard InChI is InChI=1S/C25H31F2N7O4/c1-14(2)21-20(33(25(36)37)11-15-7-5-6-8-32(15)3)12-34-22(21)23(28-13-29-34)30-19-9-16(24(35)31-38-4)17(26)10-18(19)27/h9-10,12-15H,5-8,11H2,1-4H3,(H,31,35)(H,36,37)(H,28,29,30). The van der Waals surface area contributed by atoms with E-state index in [-0.39, 0.29) is 30.0 Å². The largest absolute Gasteiger partial charge is 0.465 e. The highest BCUT2D eigenvalue weighted by molar-refractivity contribution is 5.96. The van der Waals surface area contributed by atoms with E-state index in [1.165, 1.54) is 22.9 Å². The van der Waals surface area contributed by atoms with E-state index in [1.54, 1.807) is 6.20 Å². The van der Waals surface area contributed by atoms with E-state index >= 15 is 0 Å². The summed E-state index contributed by atoms with van der Waals surface area (Å²) >= 11 is 0. The summed E-state index contributed by atoms with van der Waals surface area (Å²) in [4.78, 5) is 36.9. The number of hydrogen-bond acceptors (Lipinski definition) is 7. The Hall–Kier alpha value is -3.84. The zero-order valence-corrected chi connectivity index (χ0v) is 21.7. The summed E-state index contributed by atoms with van der Waals surface area (Å²) in [5.41, 5.74) is 2.90. The van der Waals surface area contributed by atoms with Gasteiger partial charge in [-0.15, -0.1) is 0 Å². The third kappa shape index (κ3) is 5.38. The van der Waals surface area contributed by atoms with Crippen molar-refractivity contribution >= 4 is 34.7 Å². The van der Waals surface area contributed by atoms with Crippen LogP contribution in [0.2, 0.25) is 0 Å². The number of carbonyl (C=O) groups is 2. The predicted molar refractivity (Wildman–Crippen MR) is 137 cm³/mol. The van der Waals surface area contributed by atoms with Gasteiger partial charge in [0, 0.05) is 24.2 Å². The maximum Gasteiger partial charge on any atom is 0.411 e. The first kappa shape index (κ1) is 27.2. The fourth-order valence-electron chi connectivity index (χ4n) is 4.86. The van der Waals surface area contributed by atoms with E-state index in [9.17, 15) is 23.5 Å². The van der Waals surface area contributed by atoms with Crippen LogP contribution in [0.1, 0.15) is 54.9 Å². The fourth-order valence-corrected chi connectivity index (χ4v) is 4.86. The Bertz CT molecular complexity index is 1350. The molecule has 204 valence electrons. The zero-order valence-electron chi connectivity index (χ0n) is 21.7. The molecule has 0 aliphatic carbocycles. The molecule has 1 saturated heterocycles. The van der Waals surface area contributed by atoms with Crippen molar-refractivity contribution in [1.29, 1.82) is 0 Å². The van der Waals surface area contributed by atoms with Crippen LogP contribution in [-0.4, -0.2) is 69.9 Å². The second kappa shape index (κ2) is 11.3. The number of likely N-dealkylation sites (tertiary alicyclic amines) is 1. The topological polar surface area (TPSA) is 124 Å². The summed E-state index contributed by atoms with van der Waals surface area (Å²) in [5.74, 6) is -2.89. The van der Waals surface area contributed by atoms with Crippen molar-refractivity contribution in [2.24, 2.45) is 0 Å². The van der Waals surface area contributed by atoms with Gasteiger partial charge in [0.15, 0.2) is 5.82 Å². The summed E-state index contributed by atoms with van der Waals surface area (Å²) in [5, 5.41) is 17.3. The lowest BCUT2D eigenvalue weighted by molar-refractivity contribution is 0.0533. The number of amides is 2. The normalized spacial score (nSPS) is 16.1. The van der Waals surface area contributed by atoms with Crippen molar-refractivity contribution in [3.63, 3.8) is 0 Å². The van der Waals surface area contributed by atoms with Crippen molar-refractivity contribution < 1.29 is 28.3 Å². The van der Waals surface area contributed by atoms with Crippen LogP contribution in [0.5, 0.6) is 0 Å². The molecule has 1 aromatic carbocycles. The number of fused-ring (bicyclic) bond motifs is 1. The first-order chi connectivity index (χ1) is 18.1. The van der Waals surface area contributed by atoms with Gasteiger partial charge in [0.2, 0.25) is 0 Å². The van der Waals surface area contributed by atoms with Gasteiger partial charge >= 0.3 is 6.09 Å². The molecule has 0 radical (unpaired) electrons. The van der Waals surface area contributed by atoms with Crippen molar-refractivity contribution in [2.45, 2.75) is 45.1 Å². The Kier molecular flexibility index (Phi) is 8.07. The molecule has 0 spiro atoms. The summed E-state index contributed by atoms with van der Waals surface area (Å²) in [6.07, 6.45) is 4.76. The molecule has 11 nitrogen and oxygen atoms in total. The minimum atomic E-state index is -1.09. The molecule has 2 aromatic heterocycles. The second-order valence-corrected chi connectivity index (χ2v) is 9.58. The average molecular weight is 532 g/mol. The van der Waals surface area contributed by atoms with Crippen LogP contribution >= 0.6 is 0 Å². The minimum absolute atomic E-state index is 0.0662. The number of aromatic nitrogens is 3. The van der Waals surface area contributed by atoms with Gasteiger partial charge in [-0.05, 0) is 38.4 Å². The molecule has 4 rings (SSSR count). The van der Waals surface area contributed by atoms with Crippen molar-refractivity contribution in [2.75, 3.05) is 37.5 Å². The number of carbonyl (C=O) groups excluding carboxylic acids is 1. The number of hydroxylamine groups is 1. The summed E-state index contributed by atoms with van der Waals surface area (Å²) in [6.45, 7) is 5.01. The number of likely N-dealkylation sites (N-methyl/N-ethyl adjacent to an activating group) is 1. The number of nitrogens with one attached hydrogen (secondary N) is 2. The van der Waals surface area contributed by atoms with E-state index in [0.29, 0.717) is 22.8 Å². The van der Waals surface area contributed by atoms with E-state index in [4.69, 9.17) is 0 Å². The molecule has 2 amide bonds. The average Bonchev–Trinajstić information content (AvgIpc) is 3.25. The van der Waals surface area contributed by atoms with Gasteiger partial charge in [0.25, 0.3) is 5.91 Å². The molecule has 3 N–H and O–H groups in total.